The number of nitriles is 1. The predicted molar refractivity (Wildman–Crippen MR) is 383 cm³/mol. The number of unbranched alkanes of at least 4 members (excludes halogenated alkanes) is 5. The van der Waals surface area contributed by atoms with Gasteiger partial charge in [0.05, 0.1) is 32.8 Å². The Labute approximate surface area is 593 Å². The van der Waals surface area contributed by atoms with E-state index in [1.54, 1.807) is 54.5 Å². The first-order chi connectivity index (χ1) is 45.8. The van der Waals surface area contributed by atoms with Crippen molar-refractivity contribution >= 4 is 63.7 Å². The molecule has 2 amide bonds. The van der Waals surface area contributed by atoms with Gasteiger partial charge in [-0.15, -0.1) is 0 Å². The Morgan fingerprint density at radius 3 is 1.13 bits per heavy atom. The van der Waals surface area contributed by atoms with Crippen LogP contribution in [0.5, 0.6) is 0 Å². The van der Waals surface area contributed by atoms with Crippen molar-refractivity contribution in [1.29, 1.82) is 5.26 Å². The molecule has 0 fully saturated rings. The number of azide groups is 6. The highest BCUT2D eigenvalue weighted by Crippen LogP contribution is 2.14. The van der Waals surface area contributed by atoms with E-state index in [2.05, 4.69) is 87.4 Å². The summed E-state index contributed by atoms with van der Waals surface area (Å²) in [5.41, 5.74) is 55.9. The molecular weight excluding hydrogens is 1360 g/mol. The molecule has 0 spiro atoms. The molecule has 99 heavy (non-hydrogen) atoms. The van der Waals surface area contributed by atoms with E-state index in [1.165, 1.54) is 30.8 Å². The van der Waals surface area contributed by atoms with Crippen LogP contribution in [-0.2, 0) is 57.2 Å². The maximum absolute atomic E-state index is 11.8. The number of nitrogens with two attached hydrogens (primary N) is 2. The number of esters is 4. The predicted octanol–water partition coefficient (Wildman–Crippen LogP) is 15.4. The van der Waals surface area contributed by atoms with Gasteiger partial charge in [-0.05, 0) is 195 Å². The molecule has 0 saturated carbocycles. The van der Waals surface area contributed by atoms with Gasteiger partial charge in [-0.2, -0.15) is 5.26 Å². The van der Waals surface area contributed by atoms with E-state index >= 15 is 0 Å². The quantitative estimate of drug-likeness (QED) is 0.00775. The van der Waals surface area contributed by atoms with Crippen molar-refractivity contribution < 1.29 is 71.9 Å². The molecular formula is C60H116BrN23O15. The van der Waals surface area contributed by atoms with Gasteiger partial charge >= 0.3 is 42.0 Å². The molecule has 0 aliphatic rings. The zero-order valence-corrected chi connectivity index (χ0v) is 62.3. The maximum Gasteiger partial charge on any atom is 0.410 e. The number of carboxylic acids is 1. The minimum absolute atomic E-state index is 0. The minimum atomic E-state index is -0.983. The van der Waals surface area contributed by atoms with Gasteiger partial charge in [0.1, 0.15) is 33.5 Å². The van der Waals surface area contributed by atoms with Crippen molar-refractivity contribution in [2.75, 3.05) is 97.6 Å². The van der Waals surface area contributed by atoms with Gasteiger partial charge in [0, 0.05) is 114 Å². The molecule has 5 N–H and O–H groups in total. The maximum atomic E-state index is 11.8. The SMILES string of the molecule is C.C=CC(=O)OC(C)(C)C.CC#N.CC(=O)CN(CCCN=[N+]=[N-])C(=O)OC(C)(C)C.CC(C)(C)OC(=O)CCCCCCN=[N+]=[N-].CC(C)(C)OC(=O)N(CCCN=[N+]=[N-])CCC(=O)O.CCOC(=O)CCCCCN=[N+]=[N-].COC(=O)CBr.[N-]=[N+]=NCCCN.[N-]=[N+]=NCCCN. The topological polar surface area (TPSA) is 587 Å². The van der Waals surface area contributed by atoms with Crippen LogP contribution in [-0.4, -0.2) is 183 Å². The summed E-state index contributed by atoms with van der Waals surface area (Å²) in [5, 5.41) is 36.3. The van der Waals surface area contributed by atoms with Gasteiger partial charge in [-0.25, -0.2) is 14.4 Å². The molecule has 0 bridgehead atoms. The third-order valence-corrected chi connectivity index (χ3v) is 9.61. The standard InChI is InChI=1S/C11H20N4O4.C11H20N4O3.C11H21N3O2.C8H15N3O2.C7H12O2.C3H5BrO2.2C3H8N4.C2H3N.CH4/c1-11(2,3)19-10(18)15(8-5-9(16)17)7-4-6-13-14-12;1-9(16)8-15(7-5-6-13-14-12)10(17)18-11(2,3)4;1-11(2,3)16-10(15)8-6-4-5-7-9-13-14-12;1-2-13-8(12)6-4-3-5-7-10-11-9;1-5-6(8)9-7(2,3)4;1-6-3(5)2-4;2*4-2-1-3-6-7-5;1-2-3;/h4-8H2,1-3H3,(H,16,17);5-8H2,1-4H3;4-9H2,1-3H3;2-7H2,1H3;5H,1H2,2-4H3;2H2,1H3;2*1-4H2;1H3;1H4. The molecule has 0 atom stereocenters. The van der Waals surface area contributed by atoms with Crippen LogP contribution in [0.3, 0.4) is 0 Å². The minimum Gasteiger partial charge on any atom is -0.481 e. The van der Waals surface area contributed by atoms with Gasteiger partial charge in [0.2, 0.25) is 0 Å². The van der Waals surface area contributed by atoms with E-state index in [4.69, 9.17) is 78.7 Å². The number of ether oxygens (including phenoxy) is 6. The summed E-state index contributed by atoms with van der Waals surface area (Å²) in [7, 11) is 1.35. The highest BCUT2D eigenvalue weighted by atomic mass is 79.9. The van der Waals surface area contributed by atoms with E-state index in [1.807, 2.05) is 41.5 Å². The highest BCUT2D eigenvalue weighted by molar-refractivity contribution is 9.09. The smallest absolute Gasteiger partial charge is 0.410 e. The van der Waals surface area contributed by atoms with E-state index in [0.29, 0.717) is 84.6 Å². The molecule has 39 heteroatoms. The number of rotatable bonds is 35. The summed E-state index contributed by atoms with van der Waals surface area (Å²) in [4.78, 5) is 106. The fraction of sp³-hybridized carbons (Fsp3) is 0.817. The lowest BCUT2D eigenvalue weighted by molar-refractivity contribution is -0.155. The molecule has 0 aliphatic carbocycles. The number of methoxy groups -OCH3 is 1. The Hall–Kier alpha value is -8.95. The highest BCUT2D eigenvalue weighted by Gasteiger charge is 2.24. The van der Waals surface area contributed by atoms with Crippen molar-refractivity contribution in [3.8, 4) is 6.07 Å². The molecule has 38 nitrogen and oxygen atoms in total. The monoisotopic (exact) mass is 1480 g/mol. The number of carbonyl (C=O) groups excluding carboxylic acids is 7. The second kappa shape index (κ2) is 79.7. The molecule has 0 aromatic heterocycles. The molecule has 0 rings (SSSR count). The Balaban J connectivity index is -0.000000117. The Bertz CT molecular complexity index is 2470. The number of amides is 2. The van der Waals surface area contributed by atoms with E-state index < -0.39 is 40.6 Å². The Morgan fingerprint density at radius 2 is 0.848 bits per heavy atom. The molecule has 0 radical (unpaired) electrons. The number of nitrogens with zero attached hydrogens (tertiary/aromatic N) is 21. The number of ketones is 1. The summed E-state index contributed by atoms with van der Waals surface area (Å²) in [6, 6.07) is 1.75. The van der Waals surface area contributed by atoms with Gasteiger partial charge in [0.15, 0.2) is 0 Å². The fourth-order valence-corrected chi connectivity index (χ4v) is 5.63. The number of Topliss-reactive ketones (excluding diaryl/α,β-unsaturated/α-hetero) is 1. The Kier molecular flexibility index (Phi) is 89.8. The lowest BCUT2D eigenvalue weighted by Crippen LogP contribution is -2.40. The molecule has 0 heterocycles. The van der Waals surface area contributed by atoms with Crippen LogP contribution < -0.4 is 11.5 Å². The molecule has 0 aromatic rings. The number of aliphatic carboxylic acids is 1. The number of hydrogen-bond donors (Lipinski definition) is 3. The van der Waals surface area contributed by atoms with E-state index in [-0.39, 0.29) is 75.0 Å². The molecule has 0 saturated heterocycles. The van der Waals surface area contributed by atoms with Crippen molar-refractivity contribution in [3.05, 3.63) is 75.3 Å². The third kappa shape index (κ3) is 123. The second-order valence-electron chi connectivity index (χ2n) is 23.0. The third-order valence-electron chi connectivity index (χ3n) is 9.15. The van der Waals surface area contributed by atoms with Gasteiger partial charge in [0.25, 0.3) is 0 Å². The van der Waals surface area contributed by atoms with E-state index in [9.17, 15) is 38.4 Å². The van der Waals surface area contributed by atoms with Crippen LogP contribution in [0.15, 0.2) is 43.3 Å². The van der Waals surface area contributed by atoms with Crippen LogP contribution in [0.1, 0.15) is 201 Å². The first-order valence-electron chi connectivity index (χ1n) is 31.1. The summed E-state index contributed by atoms with van der Waals surface area (Å²) < 4.78 is 29.3. The average Bonchev–Trinajstić information content (AvgIpc) is 1.01. The number of halogens is 1. The van der Waals surface area contributed by atoms with Crippen LogP contribution in [0.25, 0.3) is 62.7 Å². The second-order valence-corrected chi connectivity index (χ2v) is 23.5. The van der Waals surface area contributed by atoms with Crippen LogP contribution in [0, 0.1) is 11.3 Å². The van der Waals surface area contributed by atoms with Crippen molar-refractivity contribution in [2.24, 2.45) is 42.2 Å². The van der Waals surface area contributed by atoms with Gasteiger partial charge in [-0.3, -0.25) is 24.0 Å². The molecule has 0 unspecified atom stereocenters. The zero-order chi connectivity index (χ0) is 77.7. The summed E-state index contributed by atoms with van der Waals surface area (Å²) >= 11 is 2.90. The molecule has 0 aromatic carbocycles. The number of carbonyl (C=O) groups is 8. The molecule has 568 valence electrons. The Morgan fingerprint density at radius 1 is 0.525 bits per heavy atom. The van der Waals surface area contributed by atoms with Crippen molar-refractivity contribution in [2.45, 2.75) is 224 Å². The summed E-state index contributed by atoms with van der Waals surface area (Å²) in [5.74, 6) is -2.00. The average molecular weight is 1480 g/mol. The van der Waals surface area contributed by atoms with Crippen LogP contribution in [0.4, 0.5) is 9.59 Å². The number of carboxylic acid groups (broad SMARTS) is 1. The van der Waals surface area contributed by atoms with Crippen molar-refractivity contribution in [3.63, 3.8) is 0 Å². The van der Waals surface area contributed by atoms with Crippen LogP contribution >= 0.6 is 15.9 Å². The van der Waals surface area contributed by atoms with Gasteiger partial charge < -0.3 is 54.8 Å². The first-order valence-corrected chi connectivity index (χ1v) is 32.2. The van der Waals surface area contributed by atoms with Crippen LogP contribution in [0.2, 0.25) is 0 Å². The zero-order valence-electron chi connectivity index (χ0n) is 60.7. The molecule has 0 aliphatic heterocycles. The van der Waals surface area contributed by atoms with Gasteiger partial charge in [-0.1, -0.05) is 79.9 Å². The normalized spacial score (nSPS) is 9.39. The fourth-order valence-electron chi connectivity index (χ4n) is 5.40. The summed E-state index contributed by atoms with van der Waals surface area (Å²) in [6.45, 7) is 34.4. The number of alkyl halides is 1. The lowest BCUT2D eigenvalue weighted by atomic mass is 10.1. The van der Waals surface area contributed by atoms with Crippen molar-refractivity contribution in [1.82, 2.24) is 9.80 Å². The lowest BCUT2D eigenvalue weighted by Gasteiger charge is -2.27. The largest absolute Gasteiger partial charge is 0.481 e. The summed E-state index contributed by atoms with van der Waals surface area (Å²) in [6.07, 6.45) is 9.60. The van der Waals surface area contributed by atoms with E-state index in [0.717, 1.165) is 63.9 Å². The first kappa shape index (κ1) is 111. The number of hydrogen-bond acceptors (Lipinski definition) is 23.